The molecule has 1 N–H and O–H groups in total. The van der Waals surface area contributed by atoms with Gasteiger partial charge in [0.1, 0.15) is 12.7 Å². The second-order valence-electron chi connectivity index (χ2n) is 8.87. The molecule has 1 aliphatic carbocycles. The Labute approximate surface area is 225 Å². The summed E-state index contributed by atoms with van der Waals surface area (Å²) in [5, 5.41) is 10.1. The maximum Gasteiger partial charge on any atom is 0.231 e. The monoisotopic (exact) mass is 552 g/mol. The number of nitriles is 1. The fourth-order valence-corrected chi connectivity index (χ4v) is 5.60. The highest BCUT2D eigenvalue weighted by Crippen LogP contribution is 2.42. The number of halogens is 2. The zero-order valence-electron chi connectivity index (χ0n) is 19.8. The van der Waals surface area contributed by atoms with Gasteiger partial charge in [-0.05, 0) is 64.9 Å². The Hall–Kier alpha value is -3.38. The van der Waals surface area contributed by atoms with Crippen LogP contribution in [0.1, 0.15) is 34.6 Å². The van der Waals surface area contributed by atoms with Crippen molar-refractivity contribution in [3.8, 4) is 22.9 Å². The normalized spacial score (nSPS) is 14.8. The summed E-state index contributed by atoms with van der Waals surface area (Å²) in [6.07, 6.45) is 4.31. The van der Waals surface area contributed by atoms with Gasteiger partial charge in [-0.15, -0.1) is 11.6 Å². The smallest absolute Gasteiger partial charge is 0.231 e. The Kier molecular flexibility index (Phi) is 6.95. The second-order valence-corrected chi connectivity index (χ2v) is 11.4. The van der Waals surface area contributed by atoms with E-state index in [0.717, 1.165) is 35.8 Å². The number of alkyl halides is 1. The molecule has 1 heterocycles. The molecule has 1 unspecified atom stereocenters. The Morgan fingerprint density at radius 2 is 1.92 bits per heavy atom. The van der Waals surface area contributed by atoms with Crippen molar-refractivity contribution in [2.24, 2.45) is 0 Å². The lowest BCUT2D eigenvalue weighted by Crippen LogP contribution is -2.11. The predicted octanol–water partition coefficient (Wildman–Crippen LogP) is 5.89. The number of sulfonamides is 1. The zero-order valence-corrected chi connectivity index (χ0v) is 22.2. The van der Waals surface area contributed by atoms with Crippen LogP contribution in [0.2, 0.25) is 5.02 Å². The van der Waals surface area contributed by atoms with E-state index in [1.165, 1.54) is 17.3 Å². The van der Waals surface area contributed by atoms with E-state index in [9.17, 15) is 13.7 Å². The molecule has 0 saturated carbocycles. The topological polar surface area (TPSA) is 105 Å². The van der Waals surface area contributed by atoms with Crippen molar-refractivity contribution in [1.82, 2.24) is 9.97 Å². The summed E-state index contributed by atoms with van der Waals surface area (Å²) in [6.45, 7) is 0.281. The minimum Gasteiger partial charge on any atom is -0.489 e. The largest absolute Gasteiger partial charge is 0.489 e. The number of anilines is 1. The van der Waals surface area contributed by atoms with Crippen LogP contribution in [0.3, 0.4) is 0 Å². The molecule has 3 aromatic carbocycles. The van der Waals surface area contributed by atoms with Crippen molar-refractivity contribution < 1.29 is 13.2 Å². The van der Waals surface area contributed by atoms with E-state index in [1.807, 2.05) is 30.3 Å². The van der Waals surface area contributed by atoms with Crippen LogP contribution in [-0.4, -0.2) is 37.1 Å². The molecule has 188 valence electrons. The second kappa shape index (κ2) is 10.2. The number of hydrogen-bond acceptors (Lipinski definition) is 6. The van der Waals surface area contributed by atoms with Crippen molar-refractivity contribution in [2.45, 2.75) is 18.8 Å². The summed E-state index contributed by atoms with van der Waals surface area (Å²) in [5.41, 5.74) is 7.19. The molecule has 1 atom stereocenters. The third-order valence-electron chi connectivity index (χ3n) is 6.30. The van der Waals surface area contributed by atoms with Gasteiger partial charge in [0.25, 0.3) is 0 Å². The van der Waals surface area contributed by atoms with Crippen LogP contribution in [-0.2, 0) is 16.4 Å². The number of aryl methyl sites for hydroxylation is 1. The average Bonchev–Trinajstić information content (AvgIpc) is 3.29. The summed E-state index contributed by atoms with van der Waals surface area (Å²) in [6, 6.07) is 18.1. The van der Waals surface area contributed by atoms with E-state index in [4.69, 9.17) is 27.9 Å². The van der Waals surface area contributed by atoms with Crippen LogP contribution in [0, 0.1) is 11.3 Å². The minimum atomic E-state index is -3.43. The lowest BCUT2D eigenvalue weighted by Gasteiger charge is -2.16. The molecule has 0 aliphatic heterocycles. The third-order valence-corrected chi connectivity index (χ3v) is 7.31. The van der Waals surface area contributed by atoms with E-state index >= 15 is 0 Å². The van der Waals surface area contributed by atoms with Crippen molar-refractivity contribution in [3.05, 3.63) is 82.0 Å². The Balaban J connectivity index is 1.43. The molecule has 37 heavy (non-hydrogen) atoms. The Bertz CT molecular complexity index is 1670. The van der Waals surface area contributed by atoms with Gasteiger partial charge in [-0.3, -0.25) is 9.71 Å². The first-order chi connectivity index (χ1) is 17.8. The van der Waals surface area contributed by atoms with Gasteiger partial charge < -0.3 is 4.74 Å². The van der Waals surface area contributed by atoms with Gasteiger partial charge in [-0.1, -0.05) is 35.9 Å². The van der Waals surface area contributed by atoms with Crippen LogP contribution in [0.5, 0.6) is 5.75 Å². The Morgan fingerprint density at radius 1 is 1.14 bits per heavy atom. The molecular weight excluding hydrogens is 531 g/mol. The van der Waals surface area contributed by atoms with E-state index in [0.29, 0.717) is 33.2 Å². The van der Waals surface area contributed by atoms with Crippen LogP contribution >= 0.6 is 23.2 Å². The number of nitrogens with one attached hydrogen (secondary N) is 1. The first-order valence-corrected chi connectivity index (χ1v) is 14.4. The van der Waals surface area contributed by atoms with Crippen LogP contribution in [0.15, 0.2) is 54.7 Å². The van der Waals surface area contributed by atoms with E-state index in [-0.39, 0.29) is 18.3 Å². The molecular formula is C27H22Cl2N4O3S. The molecule has 0 fully saturated rings. The molecule has 1 aromatic heterocycles. The molecule has 0 radical (unpaired) electrons. The van der Waals surface area contributed by atoms with Crippen LogP contribution in [0.4, 0.5) is 5.82 Å². The van der Waals surface area contributed by atoms with Crippen molar-refractivity contribution >= 4 is 50.1 Å². The van der Waals surface area contributed by atoms with Crippen molar-refractivity contribution in [1.29, 1.82) is 5.26 Å². The third kappa shape index (κ3) is 5.35. The number of hydrogen-bond donors (Lipinski definition) is 1. The molecule has 5 rings (SSSR count). The van der Waals surface area contributed by atoms with Gasteiger partial charge in [0.2, 0.25) is 10.0 Å². The fourth-order valence-electron chi connectivity index (χ4n) is 4.76. The molecule has 0 amide bonds. The number of ether oxygens (including phenoxy) is 1. The SMILES string of the molecule is CS(=O)(=O)Nc1cnc2cc(-c3ccc4c(c3)CCC4c3cc(Cl)c(OCCCl)c(C#N)c3)ccc2n1. The molecule has 1 aliphatic rings. The summed E-state index contributed by atoms with van der Waals surface area (Å²) < 4.78 is 30.9. The Morgan fingerprint density at radius 3 is 2.68 bits per heavy atom. The predicted molar refractivity (Wildman–Crippen MR) is 146 cm³/mol. The zero-order chi connectivity index (χ0) is 26.2. The number of aromatic nitrogens is 2. The molecule has 7 nitrogen and oxygen atoms in total. The standard InChI is InChI=1S/C27H22Cl2N4O3S/c1-37(34,35)33-26-15-31-25-13-17(4-7-24(25)32-26)16-2-5-21-18(10-16)3-6-22(21)19-11-20(14-30)27(23(29)12-19)36-9-8-28/h2,4-5,7,10-13,15,22H,3,6,8-9H2,1H3,(H,32,33). The van der Waals surface area contributed by atoms with Gasteiger partial charge in [0.05, 0.1) is 40.0 Å². The number of fused-ring (bicyclic) bond motifs is 2. The van der Waals surface area contributed by atoms with Crippen LogP contribution < -0.4 is 9.46 Å². The average molecular weight is 553 g/mol. The maximum absolute atomic E-state index is 11.5. The fraction of sp³-hybridized carbons (Fsp3) is 0.222. The maximum atomic E-state index is 11.5. The first-order valence-electron chi connectivity index (χ1n) is 11.6. The molecule has 10 heteroatoms. The van der Waals surface area contributed by atoms with Crippen molar-refractivity contribution in [2.75, 3.05) is 23.5 Å². The minimum absolute atomic E-state index is 0.138. The number of benzene rings is 3. The lowest BCUT2D eigenvalue weighted by molar-refractivity contribution is 0.342. The van der Waals surface area contributed by atoms with Gasteiger partial charge in [0, 0.05) is 5.92 Å². The summed E-state index contributed by atoms with van der Waals surface area (Å²) in [5.74, 6) is 1.01. The molecule has 4 aromatic rings. The summed E-state index contributed by atoms with van der Waals surface area (Å²) in [4.78, 5) is 8.72. The van der Waals surface area contributed by atoms with Gasteiger partial charge in [0.15, 0.2) is 11.6 Å². The molecule has 0 bridgehead atoms. The highest BCUT2D eigenvalue weighted by atomic mass is 35.5. The quantitative estimate of drug-likeness (QED) is 0.286. The van der Waals surface area contributed by atoms with Crippen LogP contribution in [0.25, 0.3) is 22.2 Å². The van der Waals surface area contributed by atoms with E-state index < -0.39 is 10.0 Å². The molecule has 0 saturated heterocycles. The van der Waals surface area contributed by atoms with E-state index in [1.54, 1.807) is 0 Å². The van der Waals surface area contributed by atoms with Gasteiger partial charge in [-0.25, -0.2) is 13.4 Å². The number of nitrogens with zero attached hydrogens (tertiary/aromatic N) is 3. The van der Waals surface area contributed by atoms with Gasteiger partial charge >= 0.3 is 0 Å². The van der Waals surface area contributed by atoms with Crippen molar-refractivity contribution in [3.63, 3.8) is 0 Å². The number of rotatable bonds is 7. The summed E-state index contributed by atoms with van der Waals surface area (Å²) >= 11 is 12.2. The summed E-state index contributed by atoms with van der Waals surface area (Å²) in [7, 11) is -3.43. The highest BCUT2D eigenvalue weighted by Gasteiger charge is 2.26. The molecule has 0 spiro atoms. The van der Waals surface area contributed by atoms with Gasteiger partial charge in [-0.2, -0.15) is 5.26 Å². The van der Waals surface area contributed by atoms with E-state index in [2.05, 4.69) is 39.0 Å². The first kappa shape index (κ1) is 25.3. The lowest BCUT2D eigenvalue weighted by atomic mass is 9.90. The highest BCUT2D eigenvalue weighted by molar-refractivity contribution is 7.92.